The predicted molar refractivity (Wildman–Crippen MR) is 120 cm³/mol. The van der Waals surface area contributed by atoms with Gasteiger partial charge in [0.2, 0.25) is 5.91 Å². The molecule has 3 rings (SSSR count). The molecule has 11 heteroatoms. The van der Waals surface area contributed by atoms with E-state index in [1.807, 2.05) is 18.4 Å². The molecule has 2 amide bonds. The summed E-state index contributed by atoms with van der Waals surface area (Å²) in [7, 11) is 0. The Bertz CT molecular complexity index is 1050. The van der Waals surface area contributed by atoms with Crippen molar-refractivity contribution in [3.63, 3.8) is 0 Å². The molecule has 0 aliphatic heterocycles. The zero-order valence-electron chi connectivity index (χ0n) is 16.8. The fourth-order valence-corrected chi connectivity index (χ4v) is 4.14. The Hall–Kier alpha value is -3.02. The lowest BCUT2D eigenvalue weighted by Crippen LogP contribution is -2.33. The van der Waals surface area contributed by atoms with E-state index < -0.39 is 6.04 Å². The van der Waals surface area contributed by atoms with Gasteiger partial charge >= 0.3 is 0 Å². The van der Waals surface area contributed by atoms with Gasteiger partial charge in [-0.25, -0.2) is 4.98 Å². The van der Waals surface area contributed by atoms with E-state index in [2.05, 4.69) is 32.4 Å². The van der Waals surface area contributed by atoms with Gasteiger partial charge in [0.25, 0.3) is 5.91 Å². The van der Waals surface area contributed by atoms with Gasteiger partial charge in [-0.15, -0.1) is 28.1 Å². The first-order valence-corrected chi connectivity index (χ1v) is 11.2. The average Bonchev–Trinajstić information content (AvgIpc) is 3.37. The van der Waals surface area contributed by atoms with Crippen LogP contribution in [-0.2, 0) is 11.3 Å². The third kappa shape index (κ3) is 6.00. The largest absolute Gasteiger partial charge is 0.394 e. The van der Waals surface area contributed by atoms with Gasteiger partial charge < -0.3 is 20.3 Å². The number of nitrogens with one attached hydrogen (secondary N) is 2. The number of carbonyl (C=O) groups is 2. The van der Waals surface area contributed by atoms with Gasteiger partial charge in [-0.05, 0) is 19.1 Å². The normalized spacial score (nSPS) is 11.7. The van der Waals surface area contributed by atoms with Crippen LogP contribution < -0.4 is 10.6 Å². The summed E-state index contributed by atoms with van der Waals surface area (Å²) in [6, 6.07) is 7.94. The zero-order chi connectivity index (χ0) is 22.2. The highest BCUT2D eigenvalue weighted by Crippen LogP contribution is 2.22. The molecule has 2 aromatic heterocycles. The van der Waals surface area contributed by atoms with Crippen LogP contribution in [0.1, 0.15) is 27.9 Å². The van der Waals surface area contributed by atoms with Crippen molar-refractivity contribution in [2.45, 2.75) is 24.7 Å². The van der Waals surface area contributed by atoms with E-state index >= 15 is 0 Å². The highest BCUT2D eigenvalue weighted by atomic mass is 32.2. The molecule has 31 heavy (non-hydrogen) atoms. The molecule has 0 saturated heterocycles. The number of allylic oxidation sites excluding steroid dienone is 1. The molecule has 0 unspecified atom stereocenters. The van der Waals surface area contributed by atoms with E-state index in [-0.39, 0.29) is 24.2 Å². The SMILES string of the molecule is C=CCn1c(SCC(=O)Nc2nc(C)cs2)nnc1[C@@H](CO)NC(=O)c1ccccc1. The van der Waals surface area contributed by atoms with Gasteiger partial charge in [-0.1, -0.05) is 36.0 Å². The maximum atomic E-state index is 12.5. The number of aliphatic hydroxyl groups is 1. The van der Waals surface area contributed by atoms with Gasteiger partial charge in [0.1, 0.15) is 6.04 Å². The van der Waals surface area contributed by atoms with Gasteiger partial charge in [-0.3, -0.25) is 9.59 Å². The van der Waals surface area contributed by atoms with Crippen molar-refractivity contribution in [1.82, 2.24) is 25.1 Å². The van der Waals surface area contributed by atoms with Crippen LogP contribution in [-0.4, -0.2) is 49.0 Å². The molecule has 9 nitrogen and oxygen atoms in total. The smallest absolute Gasteiger partial charge is 0.251 e. The van der Waals surface area contributed by atoms with Crippen LogP contribution in [0, 0.1) is 6.92 Å². The number of aliphatic hydroxyl groups excluding tert-OH is 1. The second-order valence-corrected chi connectivity index (χ2v) is 8.25. The lowest BCUT2D eigenvalue weighted by atomic mass is 10.2. The fraction of sp³-hybridized carbons (Fsp3) is 0.250. The molecule has 0 aliphatic carbocycles. The topological polar surface area (TPSA) is 122 Å². The van der Waals surface area contributed by atoms with Gasteiger partial charge in [0.15, 0.2) is 16.1 Å². The van der Waals surface area contributed by atoms with Crippen LogP contribution in [0.3, 0.4) is 0 Å². The quantitative estimate of drug-likeness (QED) is 0.315. The molecular weight excluding hydrogens is 436 g/mol. The Labute approximate surface area is 187 Å². The second kappa shape index (κ2) is 10.8. The lowest BCUT2D eigenvalue weighted by Gasteiger charge is -2.17. The molecule has 3 N–H and O–H groups in total. The number of amides is 2. The molecule has 2 heterocycles. The molecule has 0 fully saturated rings. The van der Waals surface area contributed by atoms with Gasteiger partial charge in [0.05, 0.1) is 18.1 Å². The van der Waals surface area contributed by atoms with Crippen molar-refractivity contribution in [3.8, 4) is 0 Å². The second-order valence-electron chi connectivity index (χ2n) is 6.45. The maximum absolute atomic E-state index is 12.5. The first kappa shape index (κ1) is 22.7. The third-order valence-electron chi connectivity index (χ3n) is 4.09. The molecule has 0 bridgehead atoms. The van der Waals surface area contributed by atoms with E-state index in [1.165, 1.54) is 23.1 Å². The number of thiazole rings is 1. The van der Waals surface area contributed by atoms with Crippen LogP contribution in [0.15, 0.2) is 53.5 Å². The van der Waals surface area contributed by atoms with E-state index in [4.69, 9.17) is 0 Å². The van der Waals surface area contributed by atoms with Crippen molar-refractivity contribution >= 4 is 40.0 Å². The minimum absolute atomic E-state index is 0.105. The summed E-state index contributed by atoms with van der Waals surface area (Å²) in [5.74, 6) is -0.0657. The Balaban J connectivity index is 1.70. The minimum Gasteiger partial charge on any atom is -0.394 e. The molecule has 162 valence electrons. The molecular formula is C20H22N6O3S2. The van der Waals surface area contributed by atoms with Gasteiger partial charge in [-0.2, -0.15) is 0 Å². The summed E-state index contributed by atoms with van der Waals surface area (Å²) in [6.07, 6.45) is 1.66. The van der Waals surface area contributed by atoms with Crippen molar-refractivity contribution in [1.29, 1.82) is 0 Å². The van der Waals surface area contributed by atoms with Crippen LogP contribution in [0.25, 0.3) is 0 Å². The van der Waals surface area contributed by atoms with Crippen LogP contribution >= 0.6 is 23.1 Å². The van der Waals surface area contributed by atoms with E-state index in [9.17, 15) is 14.7 Å². The summed E-state index contributed by atoms with van der Waals surface area (Å²) in [4.78, 5) is 28.9. The summed E-state index contributed by atoms with van der Waals surface area (Å²) >= 11 is 2.56. The number of hydrogen-bond donors (Lipinski definition) is 3. The van der Waals surface area contributed by atoms with Crippen LogP contribution in [0.5, 0.6) is 0 Å². The number of hydrogen-bond acceptors (Lipinski definition) is 8. The summed E-state index contributed by atoms with van der Waals surface area (Å²) in [6.45, 7) is 5.60. The van der Waals surface area contributed by atoms with Crippen molar-refractivity contribution < 1.29 is 14.7 Å². The molecule has 0 aliphatic rings. The molecule has 3 aromatic rings. The average molecular weight is 459 g/mol. The van der Waals surface area contributed by atoms with E-state index in [1.54, 1.807) is 34.9 Å². The molecule has 1 aromatic carbocycles. The van der Waals surface area contributed by atoms with Gasteiger partial charge in [0, 0.05) is 17.5 Å². The summed E-state index contributed by atoms with van der Waals surface area (Å²) < 4.78 is 1.71. The number of nitrogens with zero attached hydrogens (tertiary/aromatic N) is 4. The highest BCUT2D eigenvalue weighted by molar-refractivity contribution is 7.99. The number of aromatic nitrogens is 4. The highest BCUT2D eigenvalue weighted by Gasteiger charge is 2.23. The summed E-state index contributed by atoms with van der Waals surface area (Å²) in [5, 5.41) is 26.5. The Morgan fingerprint density at radius 3 is 2.74 bits per heavy atom. The maximum Gasteiger partial charge on any atom is 0.251 e. The van der Waals surface area contributed by atoms with Crippen molar-refractivity contribution in [2.24, 2.45) is 0 Å². The number of carbonyl (C=O) groups excluding carboxylic acids is 2. The van der Waals surface area contributed by atoms with Crippen molar-refractivity contribution in [3.05, 3.63) is 65.4 Å². The number of aryl methyl sites for hydroxylation is 1. The monoisotopic (exact) mass is 458 g/mol. The molecule has 0 spiro atoms. The number of benzene rings is 1. The van der Waals surface area contributed by atoms with E-state index in [0.29, 0.717) is 28.2 Å². The van der Waals surface area contributed by atoms with Crippen LogP contribution in [0.4, 0.5) is 5.13 Å². The zero-order valence-corrected chi connectivity index (χ0v) is 18.4. The first-order chi connectivity index (χ1) is 15.0. The number of thioether (sulfide) groups is 1. The first-order valence-electron chi connectivity index (χ1n) is 9.37. The lowest BCUT2D eigenvalue weighted by molar-refractivity contribution is -0.113. The summed E-state index contributed by atoms with van der Waals surface area (Å²) in [5.41, 5.74) is 1.32. The predicted octanol–water partition coefficient (Wildman–Crippen LogP) is 2.42. The number of rotatable bonds is 10. The molecule has 1 atom stereocenters. The Morgan fingerprint density at radius 2 is 2.10 bits per heavy atom. The molecule has 0 radical (unpaired) electrons. The van der Waals surface area contributed by atoms with E-state index in [0.717, 1.165) is 5.69 Å². The Kier molecular flexibility index (Phi) is 7.93. The minimum atomic E-state index is -0.762. The number of anilines is 1. The van der Waals surface area contributed by atoms with Crippen molar-refractivity contribution in [2.75, 3.05) is 17.7 Å². The molecule has 0 saturated carbocycles. The standard InChI is InChI=1S/C20H22N6O3S2/c1-3-9-26-17(15(10-27)22-18(29)14-7-5-4-6-8-14)24-25-20(26)31-12-16(28)23-19-21-13(2)11-30-19/h3-8,11,15,27H,1,9-10,12H2,2H3,(H,22,29)(H,21,23,28)/t15-/m1/s1. The third-order valence-corrected chi connectivity index (χ3v) is 5.93. The van der Waals surface area contributed by atoms with Crippen LogP contribution in [0.2, 0.25) is 0 Å². The fourth-order valence-electron chi connectivity index (χ4n) is 2.69. The Morgan fingerprint density at radius 1 is 1.32 bits per heavy atom.